The van der Waals surface area contributed by atoms with Crippen LogP contribution in [0.1, 0.15) is 19.3 Å². The Morgan fingerprint density at radius 2 is 1.80 bits per heavy atom. The zero-order chi connectivity index (χ0) is 17.0. The molecule has 1 aromatic carbocycles. The molecule has 0 spiro atoms. The molecule has 6 nitrogen and oxygen atoms in total. The number of likely N-dealkylation sites (tertiary alicyclic amines) is 1. The molecular weight excluding hydrogens is 451 g/mol. The molecule has 1 aromatic rings. The van der Waals surface area contributed by atoms with Crippen molar-refractivity contribution in [1.29, 1.82) is 0 Å². The minimum absolute atomic E-state index is 0. The van der Waals surface area contributed by atoms with Crippen molar-refractivity contribution in [2.75, 3.05) is 44.3 Å². The molecule has 3 rings (SSSR count). The van der Waals surface area contributed by atoms with Crippen LogP contribution >= 0.6 is 24.0 Å². The van der Waals surface area contributed by atoms with Crippen molar-refractivity contribution in [2.45, 2.75) is 19.3 Å². The molecule has 0 bridgehead atoms. The summed E-state index contributed by atoms with van der Waals surface area (Å²) in [6, 6.07) is 10.1. The number of aliphatic imine (C=N–C) groups is 1. The van der Waals surface area contributed by atoms with Crippen LogP contribution in [0.25, 0.3) is 0 Å². The Balaban J connectivity index is 0.00000225. The number of piperidine rings is 1. The summed E-state index contributed by atoms with van der Waals surface area (Å²) in [6.07, 6.45) is 4.94. The first-order chi connectivity index (χ1) is 11.5. The highest BCUT2D eigenvalue weighted by Gasteiger charge is 2.33. The van der Waals surface area contributed by atoms with Gasteiger partial charge in [-0.3, -0.25) is 4.99 Å². The van der Waals surface area contributed by atoms with Gasteiger partial charge in [-0.1, -0.05) is 18.2 Å². The third-order valence-electron chi connectivity index (χ3n) is 4.58. The van der Waals surface area contributed by atoms with E-state index in [0.29, 0.717) is 25.6 Å². The fourth-order valence-corrected chi connectivity index (χ4v) is 4.06. The Labute approximate surface area is 167 Å². The number of guanidine groups is 1. The maximum atomic E-state index is 11.5. The van der Waals surface area contributed by atoms with Crippen molar-refractivity contribution in [3.05, 3.63) is 30.3 Å². The molecule has 0 unspecified atom stereocenters. The Bertz CT molecular complexity index is 669. The van der Waals surface area contributed by atoms with E-state index >= 15 is 0 Å². The van der Waals surface area contributed by atoms with Crippen molar-refractivity contribution in [3.63, 3.8) is 0 Å². The lowest BCUT2D eigenvalue weighted by Gasteiger charge is -2.37. The molecule has 25 heavy (non-hydrogen) atoms. The molecule has 0 aliphatic carbocycles. The van der Waals surface area contributed by atoms with Crippen LogP contribution in [0.3, 0.4) is 0 Å². The van der Waals surface area contributed by atoms with E-state index in [1.807, 2.05) is 30.3 Å². The smallest absolute Gasteiger partial charge is 0.211 e. The largest absolute Gasteiger partial charge is 0.343 e. The molecule has 0 amide bonds. The molecule has 2 fully saturated rings. The van der Waals surface area contributed by atoms with Crippen LogP contribution in [-0.2, 0) is 10.0 Å². The molecule has 2 heterocycles. The van der Waals surface area contributed by atoms with Crippen molar-refractivity contribution in [3.8, 4) is 0 Å². The van der Waals surface area contributed by atoms with Crippen LogP contribution in [0, 0.1) is 5.92 Å². The normalized spacial score (nSPS) is 19.9. The van der Waals surface area contributed by atoms with E-state index in [4.69, 9.17) is 4.99 Å². The van der Waals surface area contributed by atoms with Crippen LogP contribution in [0.4, 0.5) is 5.69 Å². The molecule has 0 radical (unpaired) electrons. The minimum Gasteiger partial charge on any atom is -0.343 e. The molecule has 1 N–H and O–H groups in total. The predicted octanol–water partition coefficient (Wildman–Crippen LogP) is 2.45. The summed E-state index contributed by atoms with van der Waals surface area (Å²) < 4.78 is 24.4. The first-order valence-electron chi connectivity index (χ1n) is 8.59. The molecule has 2 aliphatic rings. The number of anilines is 1. The van der Waals surface area contributed by atoms with Gasteiger partial charge < -0.3 is 10.2 Å². The topological polar surface area (TPSA) is 65.0 Å². The number of hydrogen-bond donors (Lipinski definition) is 1. The van der Waals surface area contributed by atoms with Gasteiger partial charge >= 0.3 is 0 Å². The monoisotopic (exact) mass is 478 g/mol. The van der Waals surface area contributed by atoms with Crippen molar-refractivity contribution in [2.24, 2.45) is 10.9 Å². The fraction of sp³-hybridized carbons (Fsp3) is 0.588. The summed E-state index contributed by atoms with van der Waals surface area (Å²) in [5.41, 5.74) is 1.04. The van der Waals surface area contributed by atoms with Gasteiger partial charge in [0.2, 0.25) is 10.0 Å². The summed E-state index contributed by atoms with van der Waals surface area (Å²) in [6.45, 7) is 3.89. The highest BCUT2D eigenvalue weighted by molar-refractivity contribution is 14.0. The van der Waals surface area contributed by atoms with E-state index in [9.17, 15) is 8.42 Å². The summed E-state index contributed by atoms with van der Waals surface area (Å²) in [4.78, 5) is 7.10. The van der Waals surface area contributed by atoms with E-state index in [0.717, 1.165) is 24.7 Å². The first kappa shape index (κ1) is 20.4. The zero-order valence-corrected chi connectivity index (χ0v) is 17.7. The third-order valence-corrected chi connectivity index (χ3v) is 5.81. The van der Waals surface area contributed by atoms with E-state index in [1.165, 1.54) is 29.8 Å². The Kier molecular flexibility index (Phi) is 7.51. The zero-order valence-electron chi connectivity index (χ0n) is 14.6. The predicted molar refractivity (Wildman–Crippen MR) is 113 cm³/mol. The summed E-state index contributed by atoms with van der Waals surface area (Å²) in [7, 11) is -3.05. The number of halogens is 1. The third kappa shape index (κ3) is 5.82. The molecule has 0 atom stereocenters. The molecule has 0 aromatic heterocycles. The van der Waals surface area contributed by atoms with Gasteiger partial charge in [0.1, 0.15) is 0 Å². The van der Waals surface area contributed by atoms with Crippen LogP contribution in [0.2, 0.25) is 0 Å². The molecule has 2 aliphatic heterocycles. The van der Waals surface area contributed by atoms with Crippen LogP contribution in [-0.4, -0.2) is 62.6 Å². The number of hydrogen-bond acceptors (Lipinski definition) is 3. The number of rotatable bonds is 4. The highest BCUT2D eigenvalue weighted by atomic mass is 127. The minimum atomic E-state index is -3.05. The van der Waals surface area contributed by atoms with Gasteiger partial charge in [-0.15, -0.1) is 24.0 Å². The highest BCUT2D eigenvalue weighted by Crippen LogP contribution is 2.19. The van der Waals surface area contributed by atoms with Crippen molar-refractivity contribution >= 4 is 45.6 Å². The van der Waals surface area contributed by atoms with Crippen LogP contribution in [0.15, 0.2) is 35.3 Å². The van der Waals surface area contributed by atoms with Crippen molar-refractivity contribution in [1.82, 2.24) is 9.21 Å². The molecule has 0 saturated carbocycles. The van der Waals surface area contributed by atoms with Gasteiger partial charge in [0.25, 0.3) is 0 Å². The van der Waals surface area contributed by atoms with E-state index < -0.39 is 10.0 Å². The lowest BCUT2D eigenvalue weighted by Crippen LogP contribution is -2.51. The SMILES string of the molecule is CS(=O)(=O)N1CC(CN=C(Nc2ccccc2)N2CCCCC2)C1.I. The lowest BCUT2D eigenvalue weighted by molar-refractivity contribution is 0.208. The maximum Gasteiger partial charge on any atom is 0.211 e. The van der Waals surface area contributed by atoms with E-state index in [2.05, 4.69) is 10.2 Å². The van der Waals surface area contributed by atoms with Gasteiger partial charge in [-0.25, -0.2) is 12.7 Å². The quantitative estimate of drug-likeness (QED) is 0.410. The van der Waals surface area contributed by atoms with Gasteiger partial charge in [0.05, 0.1) is 6.26 Å². The first-order valence-corrected chi connectivity index (χ1v) is 10.4. The van der Waals surface area contributed by atoms with Gasteiger partial charge in [-0.05, 0) is 31.4 Å². The van der Waals surface area contributed by atoms with Crippen molar-refractivity contribution < 1.29 is 8.42 Å². The van der Waals surface area contributed by atoms with Gasteiger partial charge in [0.15, 0.2) is 5.96 Å². The number of sulfonamides is 1. The fourth-order valence-electron chi connectivity index (χ4n) is 3.10. The number of benzene rings is 1. The number of nitrogens with one attached hydrogen (secondary N) is 1. The van der Waals surface area contributed by atoms with E-state index in [-0.39, 0.29) is 24.0 Å². The Morgan fingerprint density at radius 3 is 2.40 bits per heavy atom. The van der Waals surface area contributed by atoms with Crippen LogP contribution in [0.5, 0.6) is 0 Å². The summed E-state index contributed by atoms with van der Waals surface area (Å²) in [5.74, 6) is 1.23. The van der Waals surface area contributed by atoms with E-state index in [1.54, 1.807) is 0 Å². The molecule has 8 heteroatoms. The second-order valence-electron chi connectivity index (χ2n) is 6.65. The molecule has 2 saturated heterocycles. The Morgan fingerprint density at radius 1 is 1.16 bits per heavy atom. The summed E-state index contributed by atoms with van der Waals surface area (Å²) in [5, 5.41) is 3.44. The van der Waals surface area contributed by atoms with Gasteiger partial charge in [-0.2, -0.15) is 0 Å². The summed E-state index contributed by atoms with van der Waals surface area (Å²) >= 11 is 0. The maximum absolute atomic E-state index is 11.5. The number of para-hydroxylation sites is 1. The van der Waals surface area contributed by atoms with Gasteiger partial charge in [0, 0.05) is 44.3 Å². The Hall–Kier alpha value is -0.870. The second-order valence-corrected chi connectivity index (χ2v) is 8.63. The standard InChI is InChI=1S/C17H26N4O2S.HI/c1-24(22,23)21-13-15(14-21)12-18-17(20-10-6-3-7-11-20)19-16-8-4-2-5-9-16;/h2,4-5,8-9,15H,3,6-7,10-14H2,1H3,(H,18,19);1H. The average Bonchev–Trinajstić information content (AvgIpc) is 2.53. The second kappa shape index (κ2) is 9.18. The molecular formula is C17H27IN4O2S. The average molecular weight is 478 g/mol. The molecule has 140 valence electrons. The van der Waals surface area contributed by atoms with Crippen LogP contribution < -0.4 is 5.32 Å². The number of nitrogens with zero attached hydrogens (tertiary/aromatic N) is 3. The lowest BCUT2D eigenvalue weighted by atomic mass is 10.0.